The number of fused-ring (bicyclic) bond motifs is 1. The van der Waals surface area contributed by atoms with Crippen LogP contribution < -0.4 is 4.74 Å². The van der Waals surface area contributed by atoms with Gasteiger partial charge in [-0.1, -0.05) is 19.9 Å². The predicted molar refractivity (Wildman–Crippen MR) is 91.2 cm³/mol. The molecule has 0 aliphatic carbocycles. The smallest absolute Gasteiger partial charge is 0.183 e. The molecule has 0 aliphatic heterocycles. The summed E-state index contributed by atoms with van der Waals surface area (Å²) >= 11 is 0. The topological polar surface area (TPSA) is 51.2 Å². The zero-order valence-electron chi connectivity index (χ0n) is 13.8. The maximum atomic E-state index is 5.15. The Morgan fingerprint density at radius 2 is 1.83 bits per heavy atom. The minimum atomic E-state index is 0.277. The summed E-state index contributed by atoms with van der Waals surface area (Å²) < 4.78 is 7.15. The van der Waals surface area contributed by atoms with Crippen LogP contribution in [0.2, 0.25) is 0 Å². The van der Waals surface area contributed by atoms with E-state index in [0.29, 0.717) is 0 Å². The van der Waals surface area contributed by atoms with Crippen LogP contribution in [0.15, 0.2) is 52.8 Å². The van der Waals surface area contributed by atoms with Crippen LogP contribution in [0.3, 0.4) is 0 Å². The lowest BCUT2D eigenvalue weighted by Crippen LogP contribution is -1.87. The molecule has 0 bridgehead atoms. The van der Waals surface area contributed by atoms with Gasteiger partial charge in [0.1, 0.15) is 11.4 Å². The number of hydrogen-bond donors (Lipinski definition) is 0. The fourth-order valence-corrected chi connectivity index (χ4v) is 2.45. The van der Waals surface area contributed by atoms with Gasteiger partial charge in [0, 0.05) is 6.20 Å². The summed E-state index contributed by atoms with van der Waals surface area (Å²) in [4.78, 5) is 4.74. The molecule has 0 unspecified atom stereocenters. The molecule has 118 valence electrons. The van der Waals surface area contributed by atoms with Crippen LogP contribution in [0.1, 0.15) is 31.0 Å². The first-order chi connectivity index (χ1) is 11.1. The molecule has 0 fully saturated rings. The number of nitrogens with zero attached hydrogens (tertiary/aromatic N) is 4. The fraction of sp³-hybridized carbons (Fsp3) is 0.278. The normalized spacial score (nSPS) is 11.7. The Morgan fingerprint density at radius 3 is 2.48 bits per heavy atom. The van der Waals surface area contributed by atoms with Gasteiger partial charge < -0.3 is 4.74 Å². The minimum Gasteiger partial charge on any atom is -0.497 e. The van der Waals surface area contributed by atoms with E-state index < -0.39 is 0 Å². The predicted octanol–water partition coefficient (Wildman–Crippen LogP) is 5.19. The van der Waals surface area contributed by atoms with E-state index in [4.69, 9.17) is 9.72 Å². The first-order valence-corrected chi connectivity index (χ1v) is 7.63. The van der Waals surface area contributed by atoms with Crippen LogP contribution in [-0.4, -0.2) is 16.5 Å². The SMILES string of the molecule is COc1ccc(N=Nc2c(C(C)C)nc3c(C)cccn23)cc1. The molecule has 0 N–H and O–H groups in total. The van der Waals surface area contributed by atoms with Gasteiger partial charge in [-0.05, 0) is 48.7 Å². The van der Waals surface area contributed by atoms with Gasteiger partial charge in [-0.2, -0.15) is 0 Å². The van der Waals surface area contributed by atoms with Crippen molar-refractivity contribution in [3.05, 3.63) is 53.9 Å². The van der Waals surface area contributed by atoms with Crippen LogP contribution in [0.5, 0.6) is 5.75 Å². The molecule has 0 saturated heterocycles. The number of aromatic nitrogens is 2. The monoisotopic (exact) mass is 308 g/mol. The molecule has 0 atom stereocenters. The first kappa shape index (κ1) is 15.2. The summed E-state index contributed by atoms with van der Waals surface area (Å²) in [7, 11) is 1.65. The molecule has 2 heterocycles. The van der Waals surface area contributed by atoms with Gasteiger partial charge in [0.25, 0.3) is 0 Å². The third-order valence-corrected chi connectivity index (χ3v) is 3.73. The summed E-state index contributed by atoms with van der Waals surface area (Å²) in [6.07, 6.45) is 1.98. The summed E-state index contributed by atoms with van der Waals surface area (Å²) in [6, 6.07) is 11.6. The number of benzene rings is 1. The molecule has 0 spiro atoms. The molecular formula is C18H20N4O. The molecule has 0 amide bonds. The largest absolute Gasteiger partial charge is 0.497 e. The van der Waals surface area contributed by atoms with E-state index in [1.54, 1.807) is 7.11 Å². The Bertz CT molecular complexity index is 847. The molecule has 0 aliphatic rings. The number of ether oxygens (including phenoxy) is 1. The van der Waals surface area contributed by atoms with Gasteiger partial charge in [0.05, 0.1) is 18.5 Å². The van der Waals surface area contributed by atoms with Crippen molar-refractivity contribution < 1.29 is 4.74 Å². The lowest BCUT2D eigenvalue weighted by Gasteiger charge is -2.02. The van der Waals surface area contributed by atoms with E-state index in [1.165, 1.54) is 0 Å². The standard InChI is InChI=1S/C18H20N4O/c1-12(2)16-18(22-11-5-6-13(3)17(22)19-16)21-20-14-7-9-15(23-4)10-8-14/h5-12H,1-4H3. The van der Waals surface area contributed by atoms with Gasteiger partial charge in [0.15, 0.2) is 5.82 Å². The molecule has 5 nitrogen and oxygen atoms in total. The molecule has 0 radical (unpaired) electrons. The molecule has 3 rings (SSSR count). The van der Waals surface area contributed by atoms with Crippen LogP contribution in [0.25, 0.3) is 5.65 Å². The van der Waals surface area contributed by atoms with Crippen molar-refractivity contribution in [3.8, 4) is 5.75 Å². The lowest BCUT2D eigenvalue weighted by molar-refractivity contribution is 0.415. The average Bonchev–Trinajstić information content (AvgIpc) is 2.94. The van der Waals surface area contributed by atoms with Gasteiger partial charge in [0.2, 0.25) is 0 Å². The molecule has 3 aromatic rings. The van der Waals surface area contributed by atoms with Crippen molar-refractivity contribution in [2.24, 2.45) is 10.2 Å². The van der Waals surface area contributed by atoms with Crippen LogP contribution in [0, 0.1) is 6.92 Å². The van der Waals surface area contributed by atoms with Gasteiger partial charge in [-0.25, -0.2) is 4.98 Å². The van der Waals surface area contributed by atoms with Crippen LogP contribution in [0.4, 0.5) is 11.5 Å². The highest BCUT2D eigenvalue weighted by Gasteiger charge is 2.15. The van der Waals surface area contributed by atoms with Crippen molar-refractivity contribution in [1.82, 2.24) is 9.38 Å². The van der Waals surface area contributed by atoms with E-state index in [-0.39, 0.29) is 5.92 Å². The number of pyridine rings is 1. The second kappa shape index (κ2) is 6.20. The zero-order chi connectivity index (χ0) is 16.4. The third kappa shape index (κ3) is 2.95. The summed E-state index contributed by atoms with van der Waals surface area (Å²) in [5, 5.41) is 8.82. The number of azo groups is 1. The van der Waals surface area contributed by atoms with E-state index >= 15 is 0 Å². The Balaban J connectivity index is 2.05. The highest BCUT2D eigenvalue weighted by atomic mass is 16.5. The first-order valence-electron chi connectivity index (χ1n) is 7.63. The van der Waals surface area contributed by atoms with E-state index in [1.807, 2.05) is 40.9 Å². The van der Waals surface area contributed by atoms with E-state index in [9.17, 15) is 0 Å². The van der Waals surface area contributed by atoms with Gasteiger partial charge in [-0.3, -0.25) is 4.40 Å². The maximum absolute atomic E-state index is 5.15. The Morgan fingerprint density at radius 1 is 1.09 bits per heavy atom. The number of rotatable bonds is 4. The highest BCUT2D eigenvalue weighted by Crippen LogP contribution is 2.30. The second-order valence-corrected chi connectivity index (χ2v) is 5.76. The van der Waals surface area contributed by atoms with Crippen molar-refractivity contribution in [1.29, 1.82) is 0 Å². The number of methoxy groups -OCH3 is 1. The minimum absolute atomic E-state index is 0.277. The fourth-order valence-electron chi connectivity index (χ4n) is 2.45. The van der Waals surface area contributed by atoms with Crippen LogP contribution in [-0.2, 0) is 0 Å². The summed E-state index contributed by atoms with van der Waals surface area (Å²) in [6.45, 7) is 6.28. The van der Waals surface area contributed by atoms with Crippen molar-refractivity contribution in [3.63, 3.8) is 0 Å². The van der Waals surface area contributed by atoms with E-state index in [2.05, 4.69) is 37.1 Å². The molecule has 5 heteroatoms. The summed E-state index contributed by atoms with van der Waals surface area (Å²) in [5.41, 5.74) is 3.79. The Kier molecular flexibility index (Phi) is 4.10. The molecular weight excluding hydrogens is 288 g/mol. The number of hydrogen-bond acceptors (Lipinski definition) is 4. The third-order valence-electron chi connectivity index (χ3n) is 3.73. The lowest BCUT2D eigenvalue weighted by atomic mass is 10.1. The molecule has 23 heavy (non-hydrogen) atoms. The quantitative estimate of drug-likeness (QED) is 0.623. The maximum Gasteiger partial charge on any atom is 0.183 e. The van der Waals surface area contributed by atoms with Crippen molar-refractivity contribution >= 4 is 17.2 Å². The van der Waals surface area contributed by atoms with Crippen molar-refractivity contribution in [2.45, 2.75) is 26.7 Å². The van der Waals surface area contributed by atoms with Crippen molar-refractivity contribution in [2.75, 3.05) is 7.11 Å². The Hall–Kier alpha value is -2.69. The summed E-state index contributed by atoms with van der Waals surface area (Å²) in [5.74, 6) is 1.87. The molecule has 1 aromatic carbocycles. The Labute approximate surface area is 135 Å². The van der Waals surface area contributed by atoms with Gasteiger partial charge in [-0.15, -0.1) is 10.2 Å². The second-order valence-electron chi connectivity index (χ2n) is 5.76. The highest BCUT2D eigenvalue weighted by molar-refractivity contribution is 5.57. The van der Waals surface area contributed by atoms with Crippen LogP contribution >= 0.6 is 0 Å². The zero-order valence-corrected chi connectivity index (χ0v) is 13.8. The average molecular weight is 308 g/mol. The number of imidazole rings is 1. The molecule has 0 saturated carbocycles. The van der Waals surface area contributed by atoms with Gasteiger partial charge >= 0.3 is 0 Å². The van der Waals surface area contributed by atoms with E-state index in [0.717, 1.165) is 34.2 Å². The number of aryl methyl sites for hydroxylation is 1. The molecule has 2 aromatic heterocycles.